The van der Waals surface area contributed by atoms with E-state index in [0.717, 1.165) is 49.0 Å². The molecule has 2 aromatic rings. The van der Waals surface area contributed by atoms with Gasteiger partial charge in [-0.05, 0) is 68.3 Å². The van der Waals surface area contributed by atoms with Gasteiger partial charge in [-0.1, -0.05) is 43.7 Å². The second-order valence-corrected chi connectivity index (χ2v) is 11.8. The first-order chi connectivity index (χ1) is 18.8. The van der Waals surface area contributed by atoms with Gasteiger partial charge in [0.15, 0.2) is 5.69 Å². The van der Waals surface area contributed by atoms with Crippen molar-refractivity contribution in [3.63, 3.8) is 0 Å². The van der Waals surface area contributed by atoms with Gasteiger partial charge in [0, 0.05) is 25.0 Å². The fourth-order valence-electron chi connectivity index (χ4n) is 7.41. The summed E-state index contributed by atoms with van der Waals surface area (Å²) in [6.07, 6.45) is 8.52. The van der Waals surface area contributed by atoms with E-state index in [1.807, 2.05) is 37.3 Å². The third-order valence-corrected chi connectivity index (χ3v) is 8.75. The molecule has 3 amide bonds. The summed E-state index contributed by atoms with van der Waals surface area (Å²) in [7, 11) is 0. The first-order valence-electron chi connectivity index (χ1n) is 14.3. The first kappa shape index (κ1) is 27.0. The van der Waals surface area contributed by atoms with Crippen LogP contribution in [0.15, 0.2) is 39.9 Å². The molecular weight excluding hydrogens is 496 g/mol. The van der Waals surface area contributed by atoms with Crippen LogP contribution in [0, 0.1) is 17.8 Å². The van der Waals surface area contributed by atoms with Crippen LogP contribution in [0.5, 0.6) is 0 Å². The maximum absolute atomic E-state index is 13.4. The highest BCUT2D eigenvalue weighted by Gasteiger charge is 2.51. The number of rotatable bonds is 10. The van der Waals surface area contributed by atoms with E-state index in [-0.39, 0.29) is 55.0 Å². The predicted molar refractivity (Wildman–Crippen MR) is 151 cm³/mol. The smallest absolute Gasteiger partial charge is 0.330 e. The lowest BCUT2D eigenvalue weighted by Gasteiger charge is -2.56. The normalized spacial score (nSPS) is 24.9. The maximum atomic E-state index is 13.4. The fraction of sp³-hybridized carbons (Fsp3) is 0.586. The number of nitrogen functional groups attached to an aromatic ring is 1. The molecule has 39 heavy (non-hydrogen) atoms. The number of carbonyl (C=O) groups is 2. The summed E-state index contributed by atoms with van der Waals surface area (Å²) >= 11 is 0. The lowest BCUT2D eigenvalue weighted by molar-refractivity contribution is -0.118. The predicted octanol–water partition coefficient (Wildman–Crippen LogP) is 2.96. The average Bonchev–Trinajstić information content (AvgIpc) is 2.87. The van der Waals surface area contributed by atoms with Crippen LogP contribution >= 0.6 is 0 Å². The van der Waals surface area contributed by atoms with E-state index in [4.69, 9.17) is 5.73 Å². The van der Waals surface area contributed by atoms with Gasteiger partial charge in [0.2, 0.25) is 5.91 Å². The molecule has 0 aliphatic heterocycles. The number of aromatic nitrogens is 2. The van der Waals surface area contributed by atoms with E-state index in [9.17, 15) is 19.2 Å². The number of urea groups is 1. The Hall–Kier alpha value is -3.56. The summed E-state index contributed by atoms with van der Waals surface area (Å²) in [6, 6.07) is 9.06. The molecule has 10 nitrogen and oxygen atoms in total. The number of amides is 3. The Morgan fingerprint density at radius 3 is 2.33 bits per heavy atom. The molecule has 4 fully saturated rings. The molecule has 0 unspecified atom stereocenters. The minimum absolute atomic E-state index is 0.00863. The van der Waals surface area contributed by atoms with Crippen molar-refractivity contribution in [2.75, 3.05) is 23.7 Å². The van der Waals surface area contributed by atoms with Gasteiger partial charge in [0.1, 0.15) is 5.82 Å². The highest BCUT2D eigenvalue weighted by molar-refractivity contribution is 5.95. The quantitative estimate of drug-likeness (QED) is 0.369. The average molecular weight is 537 g/mol. The van der Waals surface area contributed by atoms with Crippen molar-refractivity contribution in [3.05, 3.63) is 56.7 Å². The molecule has 210 valence electrons. The number of unbranched alkanes of at least 4 members (excludes halogenated alkanes) is 1. The van der Waals surface area contributed by atoms with Gasteiger partial charge >= 0.3 is 11.7 Å². The summed E-state index contributed by atoms with van der Waals surface area (Å²) in [4.78, 5) is 55.4. The number of nitrogens with zero attached hydrogens (tertiary/aromatic N) is 2. The van der Waals surface area contributed by atoms with Gasteiger partial charge in [-0.2, -0.15) is 0 Å². The minimum atomic E-state index is -0.696. The number of nitrogens with two attached hydrogens (primary N) is 1. The maximum Gasteiger partial charge on any atom is 0.330 e. The van der Waals surface area contributed by atoms with Crippen molar-refractivity contribution in [2.45, 2.75) is 76.8 Å². The van der Waals surface area contributed by atoms with Gasteiger partial charge in [0.25, 0.3) is 5.56 Å². The Kier molecular flexibility index (Phi) is 7.81. The highest BCUT2D eigenvalue weighted by atomic mass is 16.2. The Morgan fingerprint density at radius 1 is 1.08 bits per heavy atom. The van der Waals surface area contributed by atoms with E-state index in [1.54, 1.807) is 0 Å². The van der Waals surface area contributed by atoms with Crippen LogP contribution < -0.4 is 32.5 Å². The molecule has 5 N–H and O–H groups in total. The molecule has 4 aliphatic rings. The number of carbonyl (C=O) groups excluding carboxylic acids is 2. The monoisotopic (exact) mass is 536 g/mol. The fourth-order valence-corrected chi connectivity index (χ4v) is 7.41. The molecule has 4 saturated carbocycles. The molecule has 0 atom stereocenters. The third kappa shape index (κ3) is 5.89. The first-order valence-corrected chi connectivity index (χ1v) is 14.3. The largest absolute Gasteiger partial charge is 0.383 e. The van der Waals surface area contributed by atoms with E-state index in [1.165, 1.54) is 28.7 Å². The molecule has 0 saturated heterocycles. The zero-order valence-electron chi connectivity index (χ0n) is 22.7. The number of benzene rings is 1. The molecule has 6 rings (SSSR count). The lowest BCUT2D eigenvalue weighted by atomic mass is 9.53. The van der Waals surface area contributed by atoms with Crippen LogP contribution in [-0.2, 0) is 11.3 Å². The number of aromatic amines is 1. The van der Waals surface area contributed by atoms with Crippen LogP contribution in [0.4, 0.5) is 16.3 Å². The van der Waals surface area contributed by atoms with Crippen molar-refractivity contribution in [1.82, 2.24) is 20.2 Å². The second-order valence-electron chi connectivity index (χ2n) is 11.8. The number of hydrogen-bond donors (Lipinski definition) is 4. The highest BCUT2D eigenvalue weighted by Crippen LogP contribution is 2.55. The summed E-state index contributed by atoms with van der Waals surface area (Å²) in [5, 5.41) is 6.12. The number of anilines is 2. The molecule has 0 spiro atoms. The van der Waals surface area contributed by atoms with Gasteiger partial charge < -0.3 is 21.3 Å². The third-order valence-electron chi connectivity index (χ3n) is 8.75. The van der Waals surface area contributed by atoms with Gasteiger partial charge in [-0.25, -0.2) is 9.59 Å². The van der Waals surface area contributed by atoms with Crippen LogP contribution in [0.1, 0.15) is 70.3 Å². The molecule has 10 heteroatoms. The molecule has 1 aromatic carbocycles. The van der Waals surface area contributed by atoms with Crippen LogP contribution in [0.25, 0.3) is 0 Å². The standard InChI is InChI=1S/C29H40N6O4/c1-2-3-11-34(24-25(30)35(28(39)32-26(24)37)18-19-7-5-4-6-8-19)23(36)9-10-31-27(38)33-29-15-20-12-21(16-29)14-22(13-20)17-29/h4-8,20-22H,2-3,9-18,30H2,1H3,(H2,31,33,38)(H,32,37,39). The molecule has 0 radical (unpaired) electrons. The topological polar surface area (TPSA) is 142 Å². The Balaban J connectivity index is 1.25. The molecule has 4 aliphatic carbocycles. The van der Waals surface area contributed by atoms with Crippen LogP contribution in [-0.4, -0.2) is 40.1 Å². The van der Waals surface area contributed by atoms with Gasteiger partial charge in [0.05, 0.1) is 6.54 Å². The minimum Gasteiger partial charge on any atom is -0.383 e. The van der Waals surface area contributed by atoms with E-state index in [0.29, 0.717) is 6.42 Å². The van der Waals surface area contributed by atoms with Crippen molar-refractivity contribution in [3.8, 4) is 0 Å². The summed E-state index contributed by atoms with van der Waals surface area (Å²) in [5.41, 5.74) is 5.74. The zero-order valence-corrected chi connectivity index (χ0v) is 22.7. The van der Waals surface area contributed by atoms with Crippen molar-refractivity contribution in [1.29, 1.82) is 0 Å². The SMILES string of the molecule is CCCCN(C(=O)CCNC(=O)NC12CC3CC(CC(C3)C1)C2)c1c(N)n(Cc2ccccc2)c(=O)[nH]c1=O. The lowest BCUT2D eigenvalue weighted by Crippen LogP contribution is -2.61. The number of H-pyrrole nitrogens is 1. The van der Waals surface area contributed by atoms with Crippen LogP contribution in [0.3, 0.4) is 0 Å². The van der Waals surface area contributed by atoms with E-state index < -0.39 is 11.2 Å². The van der Waals surface area contributed by atoms with Crippen molar-refractivity contribution < 1.29 is 9.59 Å². The van der Waals surface area contributed by atoms with Gasteiger partial charge in [-0.15, -0.1) is 0 Å². The van der Waals surface area contributed by atoms with E-state index >= 15 is 0 Å². The number of hydrogen-bond acceptors (Lipinski definition) is 5. The molecule has 1 aromatic heterocycles. The second kappa shape index (κ2) is 11.3. The summed E-state index contributed by atoms with van der Waals surface area (Å²) in [6.45, 7) is 2.58. The molecular formula is C29H40N6O4. The molecule has 1 heterocycles. The summed E-state index contributed by atoms with van der Waals surface area (Å²) < 4.78 is 1.27. The van der Waals surface area contributed by atoms with Crippen molar-refractivity contribution in [2.24, 2.45) is 17.8 Å². The Labute approximate surface area is 228 Å². The van der Waals surface area contributed by atoms with Gasteiger partial charge in [-0.3, -0.25) is 19.1 Å². The zero-order chi connectivity index (χ0) is 27.6. The molecule has 4 bridgehead atoms. The van der Waals surface area contributed by atoms with E-state index in [2.05, 4.69) is 15.6 Å². The van der Waals surface area contributed by atoms with Crippen molar-refractivity contribution >= 4 is 23.4 Å². The Bertz CT molecular complexity index is 1280. The summed E-state index contributed by atoms with van der Waals surface area (Å²) in [5.74, 6) is 1.78. The van der Waals surface area contributed by atoms with Crippen LogP contribution in [0.2, 0.25) is 0 Å². The Morgan fingerprint density at radius 2 is 1.72 bits per heavy atom. The number of nitrogens with one attached hydrogen (secondary N) is 3.